The molecule has 0 bridgehead atoms. The summed E-state index contributed by atoms with van der Waals surface area (Å²) in [6, 6.07) is 8.54. The third-order valence-electron chi connectivity index (χ3n) is 4.13. The number of likely N-dealkylation sites (N-methyl/N-ethyl adjacent to an activating group) is 1. The largest absolute Gasteiger partial charge is 0.363 e. The summed E-state index contributed by atoms with van der Waals surface area (Å²) in [6.45, 7) is 2.25. The highest BCUT2D eigenvalue weighted by molar-refractivity contribution is 5.83. The van der Waals surface area contributed by atoms with E-state index in [1.165, 1.54) is 5.56 Å². The molecule has 3 rings (SSSR count). The molecule has 2 aliphatic heterocycles. The van der Waals surface area contributed by atoms with Gasteiger partial charge in [-0.25, -0.2) is 0 Å². The molecule has 0 saturated carbocycles. The van der Waals surface area contributed by atoms with Crippen LogP contribution < -0.4 is 5.32 Å². The molecule has 0 aliphatic carbocycles. The average molecular weight is 260 g/mol. The van der Waals surface area contributed by atoms with Crippen molar-refractivity contribution in [1.29, 1.82) is 0 Å². The first-order valence-electron chi connectivity index (χ1n) is 6.95. The highest BCUT2D eigenvalue weighted by Crippen LogP contribution is 2.29. The monoisotopic (exact) mass is 260 g/mol. The standard InChI is InChI=1S/C15H20N2O2/c1-16-12-6-8-17(10-12)15(18)14-13-5-3-2-4-11(13)7-9-19-14/h2-5,12,14,16H,6-10H2,1H3. The molecule has 1 aromatic rings. The van der Waals surface area contributed by atoms with Crippen LogP contribution >= 0.6 is 0 Å². The van der Waals surface area contributed by atoms with E-state index in [4.69, 9.17) is 4.74 Å². The van der Waals surface area contributed by atoms with Crippen molar-refractivity contribution in [3.63, 3.8) is 0 Å². The van der Waals surface area contributed by atoms with Gasteiger partial charge < -0.3 is 15.0 Å². The number of hydrogen-bond acceptors (Lipinski definition) is 3. The summed E-state index contributed by atoms with van der Waals surface area (Å²) in [5.41, 5.74) is 2.29. The fraction of sp³-hybridized carbons (Fsp3) is 0.533. The Morgan fingerprint density at radius 1 is 1.42 bits per heavy atom. The zero-order valence-corrected chi connectivity index (χ0v) is 11.3. The smallest absolute Gasteiger partial charge is 0.256 e. The van der Waals surface area contributed by atoms with E-state index in [2.05, 4.69) is 11.4 Å². The minimum atomic E-state index is -0.402. The molecule has 1 fully saturated rings. The summed E-state index contributed by atoms with van der Waals surface area (Å²) in [7, 11) is 1.95. The van der Waals surface area contributed by atoms with Gasteiger partial charge in [-0.2, -0.15) is 0 Å². The van der Waals surface area contributed by atoms with E-state index < -0.39 is 6.10 Å². The van der Waals surface area contributed by atoms with Gasteiger partial charge in [0.05, 0.1) is 6.61 Å². The van der Waals surface area contributed by atoms with E-state index in [9.17, 15) is 4.79 Å². The lowest BCUT2D eigenvalue weighted by Crippen LogP contribution is -2.38. The number of amides is 1. The Morgan fingerprint density at radius 2 is 2.26 bits per heavy atom. The van der Waals surface area contributed by atoms with E-state index >= 15 is 0 Å². The maximum Gasteiger partial charge on any atom is 0.256 e. The number of nitrogens with zero attached hydrogens (tertiary/aromatic N) is 1. The molecule has 4 nitrogen and oxygen atoms in total. The zero-order valence-electron chi connectivity index (χ0n) is 11.3. The highest BCUT2D eigenvalue weighted by atomic mass is 16.5. The minimum absolute atomic E-state index is 0.116. The van der Waals surface area contributed by atoms with Crippen molar-refractivity contribution in [3.05, 3.63) is 35.4 Å². The lowest BCUT2D eigenvalue weighted by Gasteiger charge is -2.28. The van der Waals surface area contributed by atoms with Crippen molar-refractivity contribution in [1.82, 2.24) is 10.2 Å². The molecular formula is C15H20N2O2. The predicted molar refractivity (Wildman–Crippen MR) is 72.9 cm³/mol. The lowest BCUT2D eigenvalue weighted by molar-refractivity contribution is -0.144. The quantitative estimate of drug-likeness (QED) is 0.866. The van der Waals surface area contributed by atoms with Gasteiger partial charge in [-0.05, 0) is 31.0 Å². The Hall–Kier alpha value is -1.39. The van der Waals surface area contributed by atoms with Crippen LogP contribution in [0.2, 0.25) is 0 Å². The number of benzene rings is 1. The summed E-state index contributed by atoms with van der Waals surface area (Å²) in [4.78, 5) is 14.5. The molecule has 19 heavy (non-hydrogen) atoms. The van der Waals surface area contributed by atoms with Crippen LogP contribution in [0.5, 0.6) is 0 Å². The summed E-state index contributed by atoms with van der Waals surface area (Å²) in [6.07, 6.45) is 1.52. The topological polar surface area (TPSA) is 41.6 Å². The number of hydrogen-bond donors (Lipinski definition) is 1. The van der Waals surface area contributed by atoms with Gasteiger partial charge in [0.2, 0.25) is 0 Å². The molecule has 1 amide bonds. The van der Waals surface area contributed by atoms with E-state index in [0.29, 0.717) is 12.6 Å². The molecule has 1 aromatic carbocycles. The molecule has 4 heteroatoms. The van der Waals surface area contributed by atoms with Crippen molar-refractivity contribution < 1.29 is 9.53 Å². The van der Waals surface area contributed by atoms with E-state index in [-0.39, 0.29) is 5.91 Å². The van der Waals surface area contributed by atoms with Crippen LogP contribution in [-0.2, 0) is 16.0 Å². The van der Waals surface area contributed by atoms with Crippen molar-refractivity contribution in [2.45, 2.75) is 25.0 Å². The Kier molecular flexibility index (Phi) is 3.53. The SMILES string of the molecule is CNC1CCN(C(=O)C2OCCc3ccccc32)C1. The van der Waals surface area contributed by atoms with Gasteiger partial charge in [0.15, 0.2) is 6.10 Å². The van der Waals surface area contributed by atoms with E-state index in [1.807, 2.05) is 30.1 Å². The summed E-state index contributed by atoms with van der Waals surface area (Å²) in [5.74, 6) is 0.116. The van der Waals surface area contributed by atoms with Crippen LogP contribution in [0.3, 0.4) is 0 Å². The van der Waals surface area contributed by atoms with Gasteiger partial charge in [0.1, 0.15) is 0 Å². The van der Waals surface area contributed by atoms with E-state index in [1.54, 1.807) is 0 Å². The van der Waals surface area contributed by atoms with Crippen molar-refractivity contribution in [3.8, 4) is 0 Å². The second-order valence-electron chi connectivity index (χ2n) is 5.26. The highest BCUT2D eigenvalue weighted by Gasteiger charge is 2.34. The molecule has 1 saturated heterocycles. The molecular weight excluding hydrogens is 240 g/mol. The van der Waals surface area contributed by atoms with Crippen LogP contribution in [-0.4, -0.2) is 43.6 Å². The third-order valence-corrected chi connectivity index (χ3v) is 4.13. The van der Waals surface area contributed by atoms with Crippen LogP contribution in [0.4, 0.5) is 0 Å². The second kappa shape index (κ2) is 5.31. The van der Waals surface area contributed by atoms with Crippen molar-refractivity contribution in [2.24, 2.45) is 0 Å². The lowest BCUT2D eigenvalue weighted by atomic mass is 9.97. The maximum absolute atomic E-state index is 12.6. The number of carbonyl (C=O) groups is 1. The van der Waals surface area contributed by atoms with Gasteiger partial charge in [0.25, 0.3) is 5.91 Å². The maximum atomic E-state index is 12.6. The van der Waals surface area contributed by atoms with Gasteiger partial charge in [0, 0.05) is 19.1 Å². The molecule has 0 radical (unpaired) electrons. The molecule has 2 unspecified atom stereocenters. The number of nitrogens with one attached hydrogen (secondary N) is 1. The summed E-state index contributed by atoms with van der Waals surface area (Å²) >= 11 is 0. The second-order valence-corrected chi connectivity index (χ2v) is 5.26. The molecule has 1 N–H and O–H groups in total. The molecule has 102 valence electrons. The molecule has 2 heterocycles. The number of rotatable bonds is 2. The van der Waals surface area contributed by atoms with Gasteiger partial charge in [-0.1, -0.05) is 24.3 Å². The van der Waals surface area contributed by atoms with Gasteiger partial charge in [-0.3, -0.25) is 4.79 Å². The van der Waals surface area contributed by atoms with Crippen molar-refractivity contribution in [2.75, 3.05) is 26.7 Å². The van der Waals surface area contributed by atoms with Gasteiger partial charge in [-0.15, -0.1) is 0 Å². The summed E-state index contributed by atoms with van der Waals surface area (Å²) in [5, 5.41) is 3.24. The zero-order chi connectivity index (χ0) is 13.2. The van der Waals surface area contributed by atoms with E-state index in [0.717, 1.165) is 31.5 Å². The summed E-state index contributed by atoms with van der Waals surface area (Å²) < 4.78 is 5.74. The normalized spacial score (nSPS) is 26.3. The Bertz CT molecular complexity index is 475. The molecule has 2 aliphatic rings. The van der Waals surface area contributed by atoms with Crippen LogP contribution in [0.15, 0.2) is 24.3 Å². The minimum Gasteiger partial charge on any atom is -0.363 e. The van der Waals surface area contributed by atoms with Crippen LogP contribution in [0.25, 0.3) is 0 Å². The predicted octanol–water partition coefficient (Wildman–Crippen LogP) is 1.12. The fourth-order valence-corrected chi connectivity index (χ4v) is 2.96. The molecule has 0 aromatic heterocycles. The Morgan fingerprint density at radius 3 is 3.05 bits per heavy atom. The Labute approximate surface area is 113 Å². The van der Waals surface area contributed by atoms with Gasteiger partial charge >= 0.3 is 0 Å². The number of carbonyl (C=O) groups excluding carboxylic acids is 1. The average Bonchev–Trinajstić information content (AvgIpc) is 2.95. The number of fused-ring (bicyclic) bond motifs is 1. The van der Waals surface area contributed by atoms with Crippen LogP contribution in [0, 0.1) is 0 Å². The third kappa shape index (κ3) is 2.38. The molecule has 2 atom stereocenters. The first kappa shape index (κ1) is 12.6. The molecule has 0 spiro atoms. The first-order valence-corrected chi connectivity index (χ1v) is 6.95. The first-order chi connectivity index (χ1) is 9.29. The van der Waals surface area contributed by atoms with Crippen LogP contribution in [0.1, 0.15) is 23.7 Å². The van der Waals surface area contributed by atoms with Crippen molar-refractivity contribution >= 4 is 5.91 Å². The number of likely N-dealkylation sites (tertiary alicyclic amines) is 1. The Balaban J connectivity index is 1.78. The number of ether oxygens (including phenoxy) is 1. The fourth-order valence-electron chi connectivity index (χ4n) is 2.96.